The van der Waals surface area contributed by atoms with Gasteiger partial charge in [-0.1, -0.05) is 108 Å². The largest absolute Gasteiger partial charge is 0.490 e. The number of carbonyl (C=O) groups is 1. The average Bonchev–Trinajstić information content (AvgIpc) is 2.86. The first-order chi connectivity index (χ1) is 17.5. The first kappa shape index (κ1) is 29.5. The molecule has 2 aromatic carbocycles. The second kappa shape index (κ2) is 17.7. The van der Waals surface area contributed by atoms with Crippen molar-refractivity contribution in [3.8, 4) is 18.1 Å². The van der Waals surface area contributed by atoms with Gasteiger partial charge >= 0.3 is 0 Å². The van der Waals surface area contributed by atoms with Crippen molar-refractivity contribution in [1.82, 2.24) is 0 Å². The number of terminal acetylenes is 1. The lowest BCUT2D eigenvalue weighted by Crippen LogP contribution is -2.18. The fourth-order valence-electron chi connectivity index (χ4n) is 4.61. The number of amides is 1. The predicted octanol–water partition coefficient (Wildman–Crippen LogP) is 9.34. The van der Waals surface area contributed by atoms with E-state index in [-0.39, 0.29) is 12.0 Å². The predicted molar refractivity (Wildman–Crippen MR) is 154 cm³/mol. The Morgan fingerprint density at radius 3 is 2.03 bits per heavy atom. The molecule has 196 valence electrons. The lowest BCUT2D eigenvalue weighted by molar-refractivity contribution is 0.102. The van der Waals surface area contributed by atoms with Gasteiger partial charge in [-0.15, -0.1) is 6.42 Å². The molecule has 0 unspecified atom stereocenters. The Hall–Kier alpha value is -2.73. The molecule has 3 heteroatoms. The van der Waals surface area contributed by atoms with Crippen molar-refractivity contribution < 1.29 is 9.53 Å². The topological polar surface area (TPSA) is 38.3 Å². The van der Waals surface area contributed by atoms with Crippen LogP contribution in [0.25, 0.3) is 0 Å². The van der Waals surface area contributed by atoms with Crippen LogP contribution in [0.4, 0.5) is 5.69 Å². The highest BCUT2D eigenvalue weighted by Crippen LogP contribution is 2.27. The normalized spacial score (nSPS) is 10.9. The van der Waals surface area contributed by atoms with E-state index in [1.165, 1.54) is 77.0 Å². The van der Waals surface area contributed by atoms with Crippen molar-refractivity contribution >= 4 is 11.6 Å². The third-order valence-electron chi connectivity index (χ3n) is 6.54. The maximum Gasteiger partial charge on any atom is 0.259 e. The van der Waals surface area contributed by atoms with Gasteiger partial charge in [0, 0.05) is 11.3 Å². The molecule has 0 aromatic heterocycles. The van der Waals surface area contributed by atoms with E-state index in [9.17, 15) is 4.79 Å². The zero-order valence-electron chi connectivity index (χ0n) is 22.9. The van der Waals surface area contributed by atoms with Crippen molar-refractivity contribution in [3.63, 3.8) is 0 Å². The van der Waals surface area contributed by atoms with Gasteiger partial charge in [-0.2, -0.15) is 0 Å². The van der Waals surface area contributed by atoms with Gasteiger partial charge in [0.05, 0.1) is 11.7 Å². The van der Waals surface area contributed by atoms with Gasteiger partial charge in [0.1, 0.15) is 5.75 Å². The van der Waals surface area contributed by atoms with E-state index in [0.717, 1.165) is 24.0 Å². The fraction of sp³-hybridized carbons (Fsp3) is 0.545. The Kier molecular flexibility index (Phi) is 14.5. The number of benzene rings is 2. The average molecular weight is 490 g/mol. The molecular formula is C33H47NO2. The Bertz CT molecular complexity index is 941. The van der Waals surface area contributed by atoms with Gasteiger partial charge < -0.3 is 10.1 Å². The Morgan fingerprint density at radius 1 is 0.861 bits per heavy atom. The highest BCUT2D eigenvalue weighted by Gasteiger charge is 2.18. The smallest absolute Gasteiger partial charge is 0.259 e. The maximum absolute atomic E-state index is 13.3. The van der Waals surface area contributed by atoms with Crippen LogP contribution in [0.2, 0.25) is 0 Å². The van der Waals surface area contributed by atoms with E-state index in [4.69, 9.17) is 11.2 Å². The molecule has 0 aliphatic heterocycles. The van der Waals surface area contributed by atoms with Crippen molar-refractivity contribution in [3.05, 3.63) is 59.2 Å². The summed E-state index contributed by atoms with van der Waals surface area (Å²) in [7, 11) is 0. The Balaban J connectivity index is 1.83. The van der Waals surface area contributed by atoms with Gasteiger partial charge in [0.2, 0.25) is 0 Å². The van der Waals surface area contributed by atoms with E-state index >= 15 is 0 Å². The zero-order valence-corrected chi connectivity index (χ0v) is 22.9. The van der Waals surface area contributed by atoms with Crippen LogP contribution in [0.15, 0.2) is 42.5 Å². The summed E-state index contributed by atoms with van der Waals surface area (Å²) in [6, 6.07) is 13.3. The minimum atomic E-state index is -0.148. The quantitative estimate of drug-likeness (QED) is 0.167. The van der Waals surface area contributed by atoms with Crippen LogP contribution in [0.5, 0.6) is 5.75 Å². The molecule has 2 rings (SSSR count). The van der Waals surface area contributed by atoms with Gasteiger partial charge in [0.15, 0.2) is 0 Å². The molecule has 0 atom stereocenters. The van der Waals surface area contributed by atoms with E-state index < -0.39 is 0 Å². The molecule has 0 bridgehead atoms. The summed E-state index contributed by atoms with van der Waals surface area (Å²) in [5, 5.41) is 3.02. The number of carbonyl (C=O) groups excluding carboxylic acids is 1. The maximum atomic E-state index is 13.3. The number of hydrogen-bond acceptors (Lipinski definition) is 2. The van der Waals surface area contributed by atoms with Crippen molar-refractivity contribution in [2.75, 3.05) is 5.32 Å². The summed E-state index contributed by atoms with van der Waals surface area (Å²) in [6.45, 7) is 6.24. The highest BCUT2D eigenvalue weighted by molar-refractivity contribution is 6.07. The van der Waals surface area contributed by atoms with Gasteiger partial charge in [-0.3, -0.25) is 4.79 Å². The van der Waals surface area contributed by atoms with Gasteiger partial charge in [-0.25, -0.2) is 0 Å². The lowest BCUT2D eigenvalue weighted by Gasteiger charge is -2.17. The Morgan fingerprint density at radius 2 is 1.44 bits per heavy atom. The van der Waals surface area contributed by atoms with Crippen LogP contribution in [-0.2, 0) is 6.42 Å². The summed E-state index contributed by atoms with van der Waals surface area (Å²) < 4.78 is 6.02. The summed E-state index contributed by atoms with van der Waals surface area (Å²) in [6.07, 6.45) is 23.7. The number of aryl methyl sites for hydroxylation is 1. The van der Waals surface area contributed by atoms with Crippen LogP contribution >= 0.6 is 0 Å². The van der Waals surface area contributed by atoms with Crippen molar-refractivity contribution in [2.24, 2.45) is 0 Å². The Labute approximate surface area is 220 Å². The third-order valence-corrected chi connectivity index (χ3v) is 6.54. The molecule has 0 radical (unpaired) electrons. The standard InChI is InChI=1S/C33H47NO2/c1-5-7-8-9-10-11-12-13-14-15-16-17-18-22-29-23-20-25-31(36-27(3)4)32(29)33(35)34-30-24-19-21-28(6-2)26-30/h2,19-21,23-27H,5,7-18,22H2,1,3-4H3,(H,34,35). The van der Waals surface area contributed by atoms with Gasteiger partial charge in [-0.05, 0) is 56.5 Å². The second-order valence-electron chi connectivity index (χ2n) is 10.1. The van der Waals surface area contributed by atoms with Crippen LogP contribution in [0, 0.1) is 12.3 Å². The number of nitrogens with one attached hydrogen (secondary N) is 1. The van der Waals surface area contributed by atoms with E-state index in [1.54, 1.807) is 0 Å². The van der Waals surface area contributed by atoms with E-state index in [0.29, 0.717) is 17.0 Å². The van der Waals surface area contributed by atoms with Crippen LogP contribution in [0.3, 0.4) is 0 Å². The minimum Gasteiger partial charge on any atom is -0.490 e. The SMILES string of the molecule is C#Cc1cccc(NC(=O)c2c(CCCCCCCCCCCCCCC)cccc2OC(C)C)c1. The second-order valence-corrected chi connectivity index (χ2v) is 10.1. The summed E-state index contributed by atoms with van der Waals surface area (Å²) in [5.41, 5.74) is 3.12. The van der Waals surface area contributed by atoms with E-state index in [2.05, 4.69) is 24.2 Å². The molecule has 1 N–H and O–H groups in total. The van der Waals surface area contributed by atoms with Crippen molar-refractivity contribution in [1.29, 1.82) is 0 Å². The van der Waals surface area contributed by atoms with Gasteiger partial charge in [0.25, 0.3) is 5.91 Å². The summed E-state index contributed by atoms with van der Waals surface area (Å²) in [5.74, 6) is 3.11. The van der Waals surface area contributed by atoms with E-state index in [1.807, 2.05) is 50.2 Å². The number of unbranched alkanes of at least 4 members (excludes halogenated alkanes) is 12. The molecule has 0 spiro atoms. The van der Waals surface area contributed by atoms with Crippen LogP contribution in [-0.4, -0.2) is 12.0 Å². The molecule has 0 saturated heterocycles. The van der Waals surface area contributed by atoms with Crippen LogP contribution in [0.1, 0.15) is 126 Å². The lowest BCUT2D eigenvalue weighted by atomic mass is 9.98. The van der Waals surface area contributed by atoms with Crippen molar-refractivity contribution in [2.45, 2.75) is 117 Å². The zero-order chi connectivity index (χ0) is 26.0. The first-order valence-electron chi connectivity index (χ1n) is 14.2. The fourth-order valence-corrected chi connectivity index (χ4v) is 4.61. The number of ether oxygens (including phenoxy) is 1. The third kappa shape index (κ3) is 11.3. The highest BCUT2D eigenvalue weighted by atomic mass is 16.5. The summed E-state index contributed by atoms with van der Waals surface area (Å²) >= 11 is 0. The summed E-state index contributed by atoms with van der Waals surface area (Å²) in [4.78, 5) is 13.3. The molecule has 0 saturated carbocycles. The molecule has 0 fully saturated rings. The molecule has 1 amide bonds. The molecule has 2 aromatic rings. The first-order valence-corrected chi connectivity index (χ1v) is 14.2. The number of anilines is 1. The molecule has 3 nitrogen and oxygen atoms in total. The molecule has 36 heavy (non-hydrogen) atoms. The van der Waals surface area contributed by atoms with Crippen LogP contribution < -0.4 is 10.1 Å². The minimum absolute atomic E-state index is 0.00657. The molecular weight excluding hydrogens is 442 g/mol. The number of rotatable bonds is 18. The number of hydrogen-bond donors (Lipinski definition) is 1. The molecule has 0 aliphatic carbocycles. The molecule has 0 aliphatic rings. The monoisotopic (exact) mass is 489 g/mol. The molecule has 0 heterocycles.